The number of nitrogens with zero attached hydrogens (tertiary/aromatic N) is 3. The molecule has 0 spiro atoms. The minimum atomic E-state index is -0.208. The van der Waals surface area contributed by atoms with Gasteiger partial charge in [-0.15, -0.1) is 0 Å². The first kappa shape index (κ1) is 15.6. The Morgan fingerprint density at radius 3 is 2.71 bits per heavy atom. The summed E-state index contributed by atoms with van der Waals surface area (Å²) in [5, 5.41) is 4.93. The summed E-state index contributed by atoms with van der Waals surface area (Å²) in [5.74, 6) is -0.0296. The smallest absolute Gasteiger partial charge is 0.225 e. The molecule has 21 heavy (non-hydrogen) atoms. The van der Waals surface area contributed by atoms with Gasteiger partial charge in [0.15, 0.2) is 0 Å². The summed E-state index contributed by atoms with van der Waals surface area (Å²) in [6, 6.07) is 5.68. The molecule has 0 N–H and O–H groups in total. The van der Waals surface area contributed by atoms with E-state index in [1.807, 2.05) is 45.2 Å². The predicted octanol–water partition coefficient (Wildman–Crippen LogP) is 3.98. The average Bonchev–Trinajstić information content (AvgIpc) is 2.96. The summed E-state index contributed by atoms with van der Waals surface area (Å²) in [6.45, 7) is 7.56. The number of benzene rings is 1. The van der Waals surface area contributed by atoms with Gasteiger partial charge in [0, 0.05) is 24.3 Å². The minimum Gasteiger partial charge on any atom is -0.290 e. The Labute approximate surface area is 130 Å². The number of amides is 1. The van der Waals surface area contributed by atoms with E-state index in [2.05, 4.69) is 5.10 Å². The Balaban J connectivity index is 2.59. The Kier molecular flexibility index (Phi) is 4.68. The standard InChI is InChI=1S/C16H20ClN3O/c1-5-14-15(17)8-7-11(2)16(14)20(13(4)21)12(3)19-10-6-9-18-19/h6-10,12H,5H2,1-4H3. The summed E-state index contributed by atoms with van der Waals surface area (Å²) < 4.78 is 1.77. The van der Waals surface area contributed by atoms with Gasteiger partial charge in [-0.1, -0.05) is 24.6 Å². The van der Waals surface area contributed by atoms with Crippen molar-refractivity contribution in [3.05, 3.63) is 46.7 Å². The second-order valence-electron chi connectivity index (χ2n) is 5.05. The molecule has 1 aromatic heterocycles. The number of carbonyl (C=O) groups is 1. The minimum absolute atomic E-state index is 0.0296. The molecule has 4 nitrogen and oxygen atoms in total. The molecular weight excluding hydrogens is 286 g/mol. The van der Waals surface area contributed by atoms with Crippen LogP contribution in [-0.2, 0) is 11.2 Å². The number of hydrogen-bond acceptors (Lipinski definition) is 2. The molecule has 1 aromatic carbocycles. The topological polar surface area (TPSA) is 38.1 Å². The van der Waals surface area contributed by atoms with Gasteiger partial charge in [-0.2, -0.15) is 5.10 Å². The Morgan fingerprint density at radius 2 is 2.19 bits per heavy atom. The van der Waals surface area contributed by atoms with E-state index in [0.717, 1.165) is 23.2 Å². The third-order valence-electron chi connectivity index (χ3n) is 3.64. The normalized spacial score (nSPS) is 12.2. The molecule has 5 heteroatoms. The van der Waals surface area contributed by atoms with Gasteiger partial charge < -0.3 is 0 Å². The number of rotatable bonds is 4. The Bertz CT molecular complexity index is 637. The molecule has 2 aromatic rings. The van der Waals surface area contributed by atoms with Crippen LogP contribution in [-0.4, -0.2) is 15.7 Å². The Hall–Kier alpha value is -1.81. The molecule has 1 unspecified atom stereocenters. The van der Waals surface area contributed by atoms with Crippen molar-refractivity contribution < 1.29 is 4.79 Å². The monoisotopic (exact) mass is 305 g/mol. The summed E-state index contributed by atoms with van der Waals surface area (Å²) >= 11 is 6.32. The van der Waals surface area contributed by atoms with Gasteiger partial charge >= 0.3 is 0 Å². The van der Waals surface area contributed by atoms with E-state index in [9.17, 15) is 4.79 Å². The van der Waals surface area contributed by atoms with E-state index in [-0.39, 0.29) is 12.1 Å². The van der Waals surface area contributed by atoms with Crippen molar-refractivity contribution in [3.8, 4) is 0 Å². The molecule has 1 atom stereocenters. The van der Waals surface area contributed by atoms with Crippen LogP contribution in [0.2, 0.25) is 5.02 Å². The van der Waals surface area contributed by atoms with Gasteiger partial charge in [0.25, 0.3) is 0 Å². The van der Waals surface area contributed by atoms with Crippen molar-refractivity contribution in [3.63, 3.8) is 0 Å². The molecule has 0 radical (unpaired) electrons. The number of aromatic nitrogens is 2. The Morgan fingerprint density at radius 1 is 1.48 bits per heavy atom. The quantitative estimate of drug-likeness (QED) is 0.857. The van der Waals surface area contributed by atoms with E-state index in [1.54, 1.807) is 22.7 Å². The zero-order chi connectivity index (χ0) is 15.6. The first-order valence-corrected chi connectivity index (χ1v) is 7.42. The summed E-state index contributed by atoms with van der Waals surface area (Å²) in [4.78, 5) is 14.0. The summed E-state index contributed by atoms with van der Waals surface area (Å²) in [6.07, 6.45) is 4.12. The molecule has 2 rings (SSSR count). The van der Waals surface area contributed by atoms with Crippen LogP contribution in [0.3, 0.4) is 0 Å². The molecule has 112 valence electrons. The zero-order valence-electron chi connectivity index (χ0n) is 12.8. The number of halogens is 1. The lowest BCUT2D eigenvalue weighted by Crippen LogP contribution is -2.36. The van der Waals surface area contributed by atoms with Crippen LogP contribution in [0.25, 0.3) is 0 Å². The number of aryl methyl sites for hydroxylation is 1. The summed E-state index contributed by atoms with van der Waals surface area (Å²) in [7, 11) is 0. The number of anilines is 1. The van der Waals surface area contributed by atoms with Crippen LogP contribution >= 0.6 is 11.6 Å². The molecule has 1 amide bonds. The highest BCUT2D eigenvalue weighted by Crippen LogP contribution is 2.35. The highest BCUT2D eigenvalue weighted by Gasteiger charge is 2.25. The molecule has 0 aliphatic rings. The summed E-state index contributed by atoms with van der Waals surface area (Å²) in [5.41, 5.74) is 2.91. The van der Waals surface area contributed by atoms with Gasteiger partial charge in [0.05, 0.1) is 5.69 Å². The number of hydrogen-bond donors (Lipinski definition) is 0. The lowest BCUT2D eigenvalue weighted by Gasteiger charge is -2.32. The molecule has 0 bridgehead atoms. The van der Waals surface area contributed by atoms with Gasteiger partial charge in [0.2, 0.25) is 5.91 Å². The fourth-order valence-electron chi connectivity index (χ4n) is 2.63. The van der Waals surface area contributed by atoms with E-state index in [1.165, 1.54) is 0 Å². The van der Waals surface area contributed by atoms with Crippen molar-refractivity contribution >= 4 is 23.2 Å². The van der Waals surface area contributed by atoms with Crippen LogP contribution in [0.4, 0.5) is 5.69 Å². The molecule has 0 aliphatic carbocycles. The van der Waals surface area contributed by atoms with Gasteiger partial charge in [0.1, 0.15) is 6.17 Å². The van der Waals surface area contributed by atoms with E-state index in [0.29, 0.717) is 5.02 Å². The van der Waals surface area contributed by atoms with Crippen molar-refractivity contribution in [2.24, 2.45) is 0 Å². The predicted molar refractivity (Wildman–Crippen MR) is 85.7 cm³/mol. The fourth-order valence-corrected chi connectivity index (χ4v) is 2.91. The number of carbonyl (C=O) groups excluding carboxylic acids is 1. The van der Waals surface area contributed by atoms with Crippen molar-refractivity contribution in [2.45, 2.75) is 40.3 Å². The van der Waals surface area contributed by atoms with Crippen molar-refractivity contribution in [1.82, 2.24) is 9.78 Å². The highest BCUT2D eigenvalue weighted by atomic mass is 35.5. The van der Waals surface area contributed by atoms with Gasteiger partial charge in [-0.05, 0) is 43.5 Å². The SMILES string of the molecule is CCc1c(Cl)ccc(C)c1N(C(C)=O)C(C)n1cccn1. The maximum Gasteiger partial charge on any atom is 0.225 e. The second kappa shape index (κ2) is 6.31. The molecule has 0 saturated carbocycles. The largest absolute Gasteiger partial charge is 0.290 e. The highest BCUT2D eigenvalue weighted by molar-refractivity contribution is 6.32. The van der Waals surface area contributed by atoms with Crippen LogP contribution in [0.15, 0.2) is 30.6 Å². The molecular formula is C16H20ClN3O. The third kappa shape index (κ3) is 2.95. The lowest BCUT2D eigenvalue weighted by molar-refractivity contribution is -0.117. The molecule has 0 aliphatic heterocycles. The average molecular weight is 306 g/mol. The van der Waals surface area contributed by atoms with Gasteiger partial charge in [-0.3, -0.25) is 9.69 Å². The first-order chi connectivity index (χ1) is 9.97. The molecule has 0 fully saturated rings. The van der Waals surface area contributed by atoms with E-state index >= 15 is 0 Å². The molecule has 0 saturated heterocycles. The third-order valence-corrected chi connectivity index (χ3v) is 4.00. The lowest BCUT2D eigenvalue weighted by atomic mass is 10.0. The van der Waals surface area contributed by atoms with Crippen LogP contribution in [0.5, 0.6) is 0 Å². The van der Waals surface area contributed by atoms with Crippen molar-refractivity contribution in [2.75, 3.05) is 4.90 Å². The zero-order valence-corrected chi connectivity index (χ0v) is 13.6. The van der Waals surface area contributed by atoms with Crippen molar-refractivity contribution in [1.29, 1.82) is 0 Å². The van der Waals surface area contributed by atoms with Crippen LogP contribution < -0.4 is 4.90 Å². The maximum atomic E-state index is 12.3. The van der Waals surface area contributed by atoms with Gasteiger partial charge in [-0.25, -0.2) is 4.68 Å². The van der Waals surface area contributed by atoms with E-state index < -0.39 is 0 Å². The van der Waals surface area contributed by atoms with E-state index in [4.69, 9.17) is 11.6 Å². The maximum absolute atomic E-state index is 12.3. The fraction of sp³-hybridized carbons (Fsp3) is 0.375. The molecule has 1 heterocycles. The second-order valence-corrected chi connectivity index (χ2v) is 5.46. The van der Waals surface area contributed by atoms with Crippen LogP contribution in [0.1, 0.15) is 38.1 Å². The first-order valence-electron chi connectivity index (χ1n) is 7.04. The van der Waals surface area contributed by atoms with Crippen LogP contribution in [0, 0.1) is 6.92 Å².